The first-order valence-electron chi connectivity index (χ1n) is 8.41. The molecule has 0 bridgehead atoms. The topological polar surface area (TPSA) is 103 Å². The zero-order valence-corrected chi connectivity index (χ0v) is 14.8. The van der Waals surface area contributed by atoms with E-state index in [1.54, 1.807) is 24.1 Å². The maximum atomic E-state index is 13.1. The lowest BCUT2D eigenvalue weighted by atomic mass is 10.1. The average molecular weight is 373 g/mol. The summed E-state index contributed by atoms with van der Waals surface area (Å²) >= 11 is 0. The minimum Gasteiger partial charge on any atom is -0.445 e. The van der Waals surface area contributed by atoms with Crippen LogP contribution in [0.1, 0.15) is 11.1 Å². The second-order valence-electron chi connectivity index (χ2n) is 6.05. The Morgan fingerprint density at radius 1 is 1.56 bits per heavy atom. The number of carbonyl (C=O) groups is 1. The number of aliphatic imine (C=N–C) groups is 1. The van der Waals surface area contributed by atoms with Crippen LogP contribution in [0.5, 0.6) is 0 Å². The van der Waals surface area contributed by atoms with Gasteiger partial charge in [0.05, 0.1) is 19.3 Å². The van der Waals surface area contributed by atoms with Gasteiger partial charge in [0.25, 0.3) is 0 Å². The average Bonchev–Trinajstić information content (AvgIpc) is 2.67. The monoisotopic (exact) mass is 373 g/mol. The number of halogens is 1. The quantitative estimate of drug-likeness (QED) is 0.825. The van der Waals surface area contributed by atoms with Crippen LogP contribution >= 0.6 is 0 Å². The third-order valence-corrected chi connectivity index (χ3v) is 4.11. The fraction of sp³-hybridized carbons (Fsp3) is 0.333. The van der Waals surface area contributed by atoms with Gasteiger partial charge in [0.2, 0.25) is 0 Å². The molecule has 9 heteroatoms. The summed E-state index contributed by atoms with van der Waals surface area (Å²) in [6, 6.07) is 4.36. The van der Waals surface area contributed by atoms with Crippen molar-refractivity contribution in [2.45, 2.75) is 19.6 Å². The summed E-state index contributed by atoms with van der Waals surface area (Å²) in [5.74, 6) is -0.0506. The molecule has 2 aromatic rings. The van der Waals surface area contributed by atoms with E-state index in [4.69, 9.17) is 15.2 Å². The van der Waals surface area contributed by atoms with E-state index < -0.39 is 12.2 Å². The number of hydrogen-bond acceptors (Lipinski definition) is 7. The molecule has 0 spiro atoms. The number of aryl methyl sites for hydroxylation is 1. The molecule has 0 aliphatic carbocycles. The van der Waals surface area contributed by atoms with Crippen molar-refractivity contribution < 1.29 is 18.7 Å². The van der Waals surface area contributed by atoms with Crippen molar-refractivity contribution in [3.05, 3.63) is 47.7 Å². The lowest BCUT2D eigenvalue weighted by Crippen LogP contribution is -2.46. The van der Waals surface area contributed by atoms with Crippen molar-refractivity contribution in [3.63, 3.8) is 0 Å². The molecular formula is C18H20FN5O3. The largest absolute Gasteiger partial charge is 0.445 e. The maximum absolute atomic E-state index is 13.1. The highest BCUT2D eigenvalue weighted by Crippen LogP contribution is 2.17. The zero-order valence-electron chi connectivity index (χ0n) is 14.8. The van der Waals surface area contributed by atoms with Crippen LogP contribution < -0.4 is 5.73 Å². The number of nitrogen functional groups attached to an aromatic ring is 1. The molecule has 8 nitrogen and oxygen atoms in total. The standard InChI is InChI=1S/C18H20FN5O3/c1-12-6-14(19)3-2-13(12)10-27-18(25)24-4-5-26-15(9-24)7-22-16-8-21-11-23-17(16)20/h2-3,6-8,11,15H,4-5,9-10H2,1H3,(H2,20,21,23)/t15-/m1/s1. The van der Waals surface area contributed by atoms with Gasteiger partial charge < -0.3 is 20.1 Å². The maximum Gasteiger partial charge on any atom is 0.410 e. The van der Waals surface area contributed by atoms with Crippen molar-refractivity contribution in [2.24, 2.45) is 4.99 Å². The van der Waals surface area contributed by atoms with Crippen LogP contribution in [0, 0.1) is 12.7 Å². The predicted octanol–water partition coefficient (Wildman–Crippen LogP) is 2.25. The molecule has 1 atom stereocenters. The third-order valence-electron chi connectivity index (χ3n) is 4.11. The highest BCUT2D eigenvalue weighted by atomic mass is 19.1. The number of carbonyl (C=O) groups excluding carboxylic acids is 1. The highest BCUT2D eigenvalue weighted by Gasteiger charge is 2.24. The van der Waals surface area contributed by atoms with Crippen LogP contribution in [0.15, 0.2) is 35.7 Å². The van der Waals surface area contributed by atoms with E-state index >= 15 is 0 Å². The summed E-state index contributed by atoms with van der Waals surface area (Å²) in [6.07, 6.45) is 3.56. The number of ether oxygens (including phenoxy) is 2. The SMILES string of the molecule is Cc1cc(F)ccc1COC(=O)N1CCO[C@H](C=Nc2cncnc2N)C1. The number of rotatable bonds is 4. The second kappa shape index (κ2) is 8.54. The highest BCUT2D eigenvalue weighted by molar-refractivity contribution is 5.73. The molecule has 0 unspecified atom stereocenters. The van der Waals surface area contributed by atoms with Crippen LogP contribution in [0.4, 0.5) is 20.7 Å². The van der Waals surface area contributed by atoms with Gasteiger partial charge in [0.1, 0.15) is 30.5 Å². The number of nitrogens with two attached hydrogens (primary N) is 1. The first-order valence-corrected chi connectivity index (χ1v) is 8.41. The van der Waals surface area contributed by atoms with Crippen molar-refractivity contribution in [1.29, 1.82) is 0 Å². The summed E-state index contributed by atoms with van der Waals surface area (Å²) in [6.45, 7) is 2.94. The van der Waals surface area contributed by atoms with E-state index in [1.165, 1.54) is 24.7 Å². The third kappa shape index (κ3) is 4.98. The summed E-state index contributed by atoms with van der Waals surface area (Å²) in [5, 5.41) is 0. The fourth-order valence-electron chi connectivity index (χ4n) is 2.58. The van der Waals surface area contributed by atoms with E-state index in [0.29, 0.717) is 25.4 Å². The number of morpholine rings is 1. The van der Waals surface area contributed by atoms with Gasteiger partial charge in [-0.3, -0.25) is 4.99 Å². The molecule has 142 valence electrons. The number of aromatic nitrogens is 2. The smallest absolute Gasteiger partial charge is 0.410 e. The van der Waals surface area contributed by atoms with Crippen LogP contribution in [0.3, 0.4) is 0 Å². The number of hydrogen-bond donors (Lipinski definition) is 1. The van der Waals surface area contributed by atoms with Gasteiger partial charge in [-0.15, -0.1) is 0 Å². The Kier molecular flexibility index (Phi) is 5.92. The van der Waals surface area contributed by atoms with Gasteiger partial charge >= 0.3 is 6.09 Å². The second-order valence-corrected chi connectivity index (χ2v) is 6.05. The summed E-state index contributed by atoms with van der Waals surface area (Å²) in [7, 11) is 0. The van der Waals surface area contributed by atoms with Crippen LogP contribution in [0.25, 0.3) is 0 Å². The van der Waals surface area contributed by atoms with Crippen molar-refractivity contribution in [1.82, 2.24) is 14.9 Å². The lowest BCUT2D eigenvalue weighted by Gasteiger charge is -2.30. The van der Waals surface area contributed by atoms with Crippen LogP contribution in [-0.4, -0.2) is 53.0 Å². The van der Waals surface area contributed by atoms with Crippen LogP contribution in [-0.2, 0) is 16.1 Å². The van der Waals surface area contributed by atoms with Gasteiger partial charge in [0.15, 0.2) is 5.82 Å². The first-order chi connectivity index (χ1) is 13.0. The van der Waals surface area contributed by atoms with Gasteiger partial charge in [0, 0.05) is 12.8 Å². The van der Waals surface area contributed by atoms with E-state index in [-0.39, 0.29) is 18.2 Å². The lowest BCUT2D eigenvalue weighted by molar-refractivity contribution is 0.00327. The van der Waals surface area contributed by atoms with E-state index in [0.717, 1.165) is 11.1 Å². The van der Waals surface area contributed by atoms with E-state index in [1.807, 2.05) is 0 Å². The number of nitrogens with zero attached hydrogens (tertiary/aromatic N) is 4. The molecular weight excluding hydrogens is 353 g/mol. The molecule has 1 aliphatic heterocycles. The predicted molar refractivity (Wildman–Crippen MR) is 97.2 cm³/mol. The molecule has 2 heterocycles. The molecule has 1 amide bonds. The summed E-state index contributed by atoms with van der Waals surface area (Å²) in [5.41, 5.74) is 7.65. The molecule has 0 radical (unpaired) electrons. The van der Waals surface area contributed by atoms with Crippen molar-refractivity contribution in [3.8, 4) is 0 Å². The Hall–Kier alpha value is -3.07. The summed E-state index contributed by atoms with van der Waals surface area (Å²) < 4.78 is 24.1. The Morgan fingerprint density at radius 2 is 2.41 bits per heavy atom. The van der Waals surface area contributed by atoms with Gasteiger partial charge in [-0.1, -0.05) is 6.07 Å². The number of benzene rings is 1. The minimum atomic E-state index is -0.456. The van der Waals surface area contributed by atoms with E-state index in [2.05, 4.69) is 15.0 Å². The molecule has 2 N–H and O–H groups in total. The van der Waals surface area contributed by atoms with E-state index in [9.17, 15) is 9.18 Å². The van der Waals surface area contributed by atoms with Gasteiger partial charge in [-0.2, -0.15) is 0 Å². The minimum absolute atomic E-state index is 0.0823. The molecule has 1 aromatic carbocycles. The Bertz CT molecular complexity index is 845. The van der Waals surface area contributed by atoms with Crippen molar-refractivity contribution in [2.75, 3.05) is 25.4 Å². The van der Waals surface area contributed by atoms with Crippen LogP contribution in [0.2, 0.25) is 0 Å². The molecule has 3 rings (SSSR count). The normalized spacial score (nSPS) is 17.3. The molecule has 0 saturated carbocycles. The molecule has 1 aliphatic rings. The molecule has 1 saturated heterocycles. The Morgan fingerprint density at radius 3 is 3.19 bits per heavy atom. The number of anilines is 1. The van der Waals surface area contributed by atoms with Gasteiger partial charge in [-0.25, -0.2) is 19.2 Å². The molecule has 27 heavy (non-hydrogen) atoms. The first kappa shape index (κ1) is 18.7. The fourth-order valence-corrected chi connectivity index (χ4v) is 2.58. The zero-order chi connectivity index (χ0) is 19.2. The summed E-state index contributed by atoms with van der Waals surface area (Å²) in [4.78, 5) is 25.8. The Balaban J connectivity index is 1.55. The number of amides is 1. The Labute approximate surface area is 155 Å². The van der Waals surface area contributed by atoms with Gasteiger partial charge in [-0.05, 0) is 30.2 Å². The molecule has 1 aromatic heterocycles. The molecule has 1 fully saturated rings. The van der Waals surface area contributed by atoms with Crippen molar-refractivity contribution >= 4 is 23.8 Å².